The second kappa shape index (κ2) is 44.9. The first kappa shape index (κ1) is 79.6. The average molecular weight is 1340 g/mol. The summed E-state index contributed by atoms with van der Waals surface area (Å²) in [6.07, 6.45) is 21.0. The minimum atomic E-state index is -4.02. The van der Waals surface area contributed by atoms with Gasteiger partial charge in [0.15, 0.2) is 0 Å². The molecular weight excluding hydrogens is 1270 g/mol. The van der Waals surface area contributed by atoms with Crippen LogP contribution in [-0.2, 0) is 50.6 Å². The van der Waals surface area contributed by atoms with E-state index in [1.165, 1.54) is 60.7 Å². The molecule has 0 saturated carbocycles. The molecule has 0 aliphatic carbocycles. The third kappa shape index (κ3) is 43.8. The summed E-state index contributed by atoms with van der Waals surface area (Å²) in [5, 5.41) is 0. The quantitative estimate of drug-likeness (QED) is 0.0999. The molecule has 0 unspecified atom stereocenters. The highest BCUT2D eigenvalue weighted by molar-refractivity contribution is 7.86. The molecule has 26 heteroatoms. The van der Waals surface area contributed by atoms with Gasteiger partial charge in [0.05, 0.1) is 24.5 Å². The summed E-state index contributed by atoms with van der Waals surface area (Å²) < 4.78 is 148. The molecule has 0 bridgehead atoms. The molecule has 91 heavy (non-hydrogen) atoms. The molecule has 5 aromatic carbocycles. The third-order valence-corrected chi connectivity index (χ3v) is 14.3. The molecular formula is C65H70N6O15S5. The van der Waals surface area contributed by atoms with E-state index >= 15 is 0 Å². The maximum atomic E-state index is 10.5. The smallest absolute Gasteiger partial charge is 0.282 e. The Morgan fingerprint density at radius 2 is 0.286 bits per heavy atom. The lowest BCUT2D eigenvalue weighted by Crippen LogP contribution is -1.96. The number of nitrogens with zero attached hydrogens (tertiary/aromatic N) is 6. The van der Waals surface area contributed by atoms with Crippen LogP contribution in [0.5, 0.6) is 0 Å². The lowest BCUT2D eigenvalue weighted by Gasteiger charge is -1.95. The Bertz CT molecular complexity index is 3350. The number of aryl methyl sites for hydroxylation is 5. The van der Waals surface area contributed by atoms with E-state index in [9.17, 15) is 42.1 Å². The van der Waals surface area contributed by atoms with Gasteiger partial charge in [0, 0.05) is 74.4 Å². The Hall–Kier alpha value is -9.45. The van der Waals surface area contributed by atoms with E-state index in [1.54, 1.807) is 135 Å². The molecule has 0 aliphatic rings. The normalized spacial score (nSPS) is 10.1. The second-order valence-corrected chi connectivity index (χ2v) is 24.7. The van der Waals surface area contributed by atoms with Gasteiger partial charge in [-0.2, -0.15) is 42.1 Å². The Kier molecular flexibility index (Phi) is 39.3. The standard InChI is InChI=1S/5C7H8O3S.6C5H5N/c5*1-6-2-4-7(5-3-6)11(8,9)10;6*1-2-4-6-5-3-1/h5*2-5H,1H3,(H,8,9,10);6*1-5H. The maximum Gasteiger partial charge on any atom is 0.294 e. The van der Waals surface area contributed by atoms with Gasteiger partial charge < -0.3 is 0 Å². The SMILES string of the molecule is Cc1ccc(S(=O)(=O)O)cc1.Cc1ccc(S(=O)(=O)O)cc1.Cc1ccc(S(=O)(=O)O)cc1.Cc1ccc(S(=O)(=O)O)cc1.Cc1ccc(S(=O)(=O)O)cc1.c1ccncc1.c1ccncc1.c1ccncc1.c1ccncc1.c1ccncc1.c1ccncc1. The summed E-state index contributed by atoms with van der Waals surface area (Å²) in [6, 6.07) is 64.2. The van der Waals surface area contributed by atoms with Crippen molar-refractivity contribution in [1.29, 1.82) is 0 Å². The number of aromatic nitrogens is 6. The second-order valence-electron chi connectivity index (χ2n) is 17.6. The summed E-state index contributed by atoms with van der Waals surface area (Å²) in [5.74, 6) is 0. The number of pyridine rings is 6. The third-order valence-electron chi connectivity index (χ3n) is 9.99. The summed E-state index contributed by atoms with van der Waals surface area (Å²) in [6.45, 7) is 9.21. The first-order valence-electron chi connectivity index (χ1n) is 26.3. The van der Waals surface area contributed by atoms with Crippen LogP contribution in [0.4, 0.5) is 0 Å². The molecule has 0 aliphatic heterocycles. The van der Waals surface area contributed by atoms with Crippen LogP contribution in [-0.4, -0.2) is 94.8 Å². The molecule has 0 atom stereocenters. The predicted octanol–water partition coefficient (Wildman–Crippen LogP) is 12.7. The van der Waals surface area contributed by atoms with Crippen molar-refractivity contribution in [3.63, 3.8) is 0 Å². The maximum absolute atomic E-state index is 10.5. The van der Waals surface area contributed by atoms with Crippen LogP contribution < -0.4 is 0 Å². The molecule has 0 radical (unpaired) electrons. The minimum Gasteiger partial charge on any atom is -0.282 e. The van der Waals surface area contributed by atoms with Gasteiger partial charge >= 0.3 is 0 Å². The first-order chi connectivity index (χ1) is 43.0. The molecule has 11 aromatic rings. The Morgan fingerprint density at radius 1 is 0.187 bits per heavy atom. The van der Waals surface area contributed by atoms with Gasteiger partial charge in [-0.15, -0.1) is 0 Å². The highest BCUT2D eigenvalue weighted by atomic mass is 32.2. The predicted molar refractivity (Wildman–Crippen MR) is 350 cm³/mol. The van der Waals surface area contributed by atoms with Gasteiger partial charge in [0.25, 0.3) is 50.6 Å². The summed E-state index contributed by atoms with van der Waals surface area (Å²) in [7, 11) is -20.1. The van der Waals surface area contributed by atoms with Crippen LogP contribution in [0.3, 0.4) is 0 Å². The van der Waals surface area contributed by atoms with Crippen LogP contribution in [0.1, 0.15) is 27.8 Å². The van der Waals surface area contributed by atoms with Crippen molar-refractivity contribution in [3.05, 3.63) is 333 Å². The molecule has 21 nitrogen and oxygen atoms in total. The van der Waals surface area contributed by atoms with Gasteiger partial charge in [-0.3, -0.25) is 52.7 Å². The average Bonchev–Trinajstić information content (AvgIpc) is 2.85. The van der Waals surface area contributed by atoms with Gasteiger partial charge in [-0.25, -0.2) is 0 Å². The van der Waals surface area contributed by atoms with Crippen LogP contribution in [0, 0.1) is 34.6 Å². The largest absolute Gasteiger partial charge is 0.294 e. The fraction of sp³-hybridized carbons (Fsp3) is 0.0769. The van der Waals surface area contributed by atoms with E-state index < -0.39 is 50.6 Å². The van der Waals surface area contributed by atoms with Gasteiger partial charge in [0.1, 0.15) is 0 Å². The molecule has 0 spiro atoms. The zero-order valence-corrected chi connectivity index (χ0v) is 54.0. The summed E-state index contributed by atoms with van der Waals surface area (Å²) >= 11 is 0. The number of benzene rings is 5. The molecule has 0 amide bonds. The Balaban J connectivity index is 0.000000506. The zero-order chi connectivity index (χ0) is 67.9. The highest BCUT2D eigenvalue weighted by Gasteiger charge is 2.10. The number of hydrogen-bond acceptors (Lipinski definition) is 16. The van der Waals surface area contributed by atoms with Crippen molar-refractivity contribution < 1.29 is 64.9 Å². The van der Waals surface area contributed by atoms with Crippen molar-refractivity contribution in [3.8, 4) is 0 Å². The van der Waals surface area contributed by atoms with Crippen LogP contribution in [0.15, 0.2) is 329 Å². The van der Waals surface area contributed by atoms with E-state index in [0.717, 1.165) is 27.8 Å². The molecule has 480 valence electrons. The first-order valence-corrected chi connectivity index (χ1v) is 33.5. The Labute approximate surface area is 533 Å². The van der Waals surface area contributed by atoms with Crippen LogP contribution >= 0.6 is 0 Å². The zero-order valence-electron chi connectivity index (χ0n) is 49.9. The topological polar surface area (TPSA) is 349 Å². The monoisotopic (exact) mass is 1330 g/mol. The fourth-order valence-corrected chi connectivity index (χ4v) is 7.83. The van der Waals surface area contributed by atoms with E-state index in [-0.39, 0.29) is 24.5 Å². The van der Waals surface area contributed by atoms with Crippen molar-refractivity contribution in [2.24, 2.45) is 0 Å². The molecule has 0 fully saturated rings. The molecule has 6 aromatic heterocycles. The van der Waals surface area contributed by atoms with E-state index in [1.807, 2.05) is 144 Å². The molecule has 11 rings (SSSR count). The minimum absolute atomic E-state index is 0.0666. The molecule has 6 heterocycles. The lowest BCUT2D eigenvalue weighted by molar-refractivity contribution is 0.481. The van der Waals surface area contributed by atoms with Crippen molar-refractivity contribution in [2.45, 2.75) is 59.1 Å². The summed E-state index contributed by atoms with van der Waals surface area (Å²) in [4.78, 5) is 22.4. The lowest BCUT2D eigenvalue weighted by atomic mass is 10.2. The van der Waals surface area contributed by atoms with E-state index in [4.69, 9.17) is 22.8 Å². The van der Waals surface area contributed by atoms with Crippen molar-refractivity contribution in [2.75, 3.05) is 0 Å². The summed E-state index contributed by atoms with van der Waals surface area (Å²) in [5.41, 5.74) is 4.78. The van der Waals surface area contributed by atoms with Crippen molar-refractivity contribution in [1.82, 2.24) is 29.9 Å². The molecule has 5 N–H and O–H groups in total. The van der Waals surface area contributed by atoms with E-state index in [2.05, 4.69) is 29.9 Å². The Morgan fingerprint density at radius 3 is 0.341 bits per heavy atom. The van der Waals surface area contributed by atoms with Crippen LogP contribution in [0.2, 0.25) is 0 Å². The highest BCUT2D eigenvalue weighted by Crippen LogP contribution is 2.12. The molecule has 0 saturated heterocycles. The fourth-order valence-electron chi connectivity index (χ4n) is 5.43. The van der Waals surface area contributed by atoms with Gasteiger partial charge in [-0.1, -0.05) is 125 Å². The van der Waals surface area contributed by atoms with Gasteiger partial charge in [0.2, 0.25) is 0 Å². The van der Waals surface area contributed by atoms with Crippen LogP contribution in [0.25, 0.3) is 0 Å². The van der Waals surface area contributed by atoms with Gasteiger partial charge in [-0.05, 0) is 168 Å². The number of hydrogen-bond donors (Lipinski definition) is 5. The van der Waals surface area contributed by atoms with E-state index in [0.29, 0.717) is 0 Å². The number of rotatable bonds is 5. The van der Waals surface area contributed by atoms with Crippen molar-refractivity contribution >= 4 is 50.6 Å².